The maximum atomic E-state index is 11.7. The number of fused-ring (bicyclic) bond motifs is 1. The number of aromatic nitrogens is 2. The summed E-state index contributed by atoms with van der Waals surface area (Å²) >= 11 is 0. The van der Waals surface area contributed by atoms with Gasteiger partial charge in [-0.1, -0.05) is 32.0 Å². The summed E-state index contributed by atoms with van der Waals surface area (Å²) in [4.78, 5) is 16.4. The van der Waals surface area contributed by atoms with E-state index in [4.69, 9.17) is 0 Å². The normalized spacial score (nSPS) is 10.6. The first-order valence-electron chi connectivity index (χ1n) is 7.41. The average molecular weight is 330 g/mol. The fourth-order valence-corrected chi connectivity index (χ4v) is 2.39. The summed E-state index contributed by atoms with van der Waals surface area (Å²) in [6.45, 7) is 5.82. The third kappa shape index (κ3) is 3.37. The molecule has 0 radical (unpaired) electrons. The summed E-state index contributed by atoms with van der Waals surface area (Å²) in [7, 11) is 0. The van der Waals surface area contributed by atoms with Crippen LogP contribution in [0.5, 0.6) is 0 Å². The average Bonchev–Trinajstić information content (AvgIpc) is 2.85. The molecule has 0 fully saturated rings. The van der Waals surface area contributed by atoms with E-state index in [9.17, 15) is 4.79 Å². The first-order valence-corrected chi connectivity index (χ1v) is 7.41. The van der Waals surface area contributed by atoms with E-state index in [2.05, 4.69) is 21.6 Å². The fraction of sp³-hybridized carbons (Fsp3) is 0.222. The van der Waals surface area contributed by atoms with Crippen LogP contribution in [0.15, 0.2) is 48.7 Å². The third-order valence-corrected chi connectivity index (χ3v) is 3.72. The zero-order chi connectivity index (χ0) is 15.7. The van der Waals surface area contributed by atoms with Crippen LogP contribution in [0, 0.1) is 12.8 Å². The zero-order valence-corrected chi connectivity index (χ0v) is 14.2. The molecule has 0 aliphatic rings. The van der Waals surface area contributed by atoms with Crippen molar-refractivity contribution in [3.05, 3.63) is 54.4 Å². The molecule has 3 rings (SSSR count). The van der Waals surface area contributed by atoms with Crippen LogP contribution < -0.4 is 5.32 Å². The summed E-state index contributed by atoms with van der Waals surface area (Å²) < 4.78 is 2.07. The van der Waals surface area contributed by atoms with E-state index >= 15 is 0 Å². The molecular weight excluding hydrogens is 310 g/mol. The first kappa shape index (κ1) is 17.0. The lowest BCUT2D eigenvalue weighted by Gasteiger charge is -2.08. The molecule has 0 aliphatic heterocycles. The second-order valence-electron chi connectivity index (χ2n) is 5.70. The van der Waals surface area contributed by atoms with Crippen LogP contribution >= 0.6 is 12.4 Å². The summed E-state index contributed by atoms with van der Waals surface area (Å²) in [5, 5.41) is 2.90. The van der Waals surface area contributed by atoms with Crippen molar-refractivity contribution in [1.82, 2.24) is 9.38 Å². The van der Waals surface area contributed by atoms with Gasteiger partial charge in [0.15, 0.2) is 0 Å². The molecule has 0 atom stereocenters. The Balaban J connectivity index is 0.00000192. The summed E-state index contributed by atoms with van der Waals surface area (Å²) in [6, 6.07) is 13.8. The highest BCUT2D eigenvalue weighted by molar-refractivity contribution is 5.92. The number of hydrogen-bond donors (Lipinski definition) is 1. The van der Waals surface area contributed by atoms with Gasteiger partial charge < -0.3 is 9.72 Å². The molecule has 0 spiro atoms. The minimum Gasteiger partial charge on any atom is -0.326 e. The lowest BCUT2D eigenvalue weighted by molar-refractivity contribution is -0.118. The van der Waals surface area contributed by atoms with Crippen LogP contribution in [0.2, 0.25) is 0 Å². The molecule has 4 nitrogen and oxygen atoms in total. The molecule has 0 saturated carbocycles. The smallest absolute Gasteiger partial charge is 0.226 e. The number of benzene rings is 1. The van der Waals surface area contributed by atoms with E-state index in [0.29, 0.717) is 0 Å². The Labute approximate surface area is 142 Å². The molecule has 23 heavy (non-hydrogen) atoms. The fourth-order valence-electron chi connectivity index (χ4n) is 2.39. The molecule has 0 aliphatic carbocycles. The minimum absolute atomic E-state index is 0. The molecule has 0 bridgehead atoms. The number of nitrogens with one attached hydrogen (secondary N) is 1. The van der Waals surface area contributed by atoms with Gasteiger partial charge in [0.1, 0.15) is 5.65 Å². The van der Waals surface area contributed by atoms with Crippen LogP contribution in [-0.4, -0.2) is 15.3 Å². The Bertz CT molecular complexity index is 822. The highest BCUT2D eigenvalue weighted by Crippen LogP contribution is 2.25. The maximum absolute atomic E-state index is 11.7. The summed E-state index contributed by atoms with van der Waals surface area (Å²) in [5.41, 5.74) is 4.86. The Hall–Kier alpha value is -2.33. The Morgan fingerprint density at radius 2 is 1.83 bits per heavy atom. The van der Waals surface area contributed by atoms with Gasteiger partial charge in [0.05, 0.1) is 5.69 Å². The second kappa shape index (κ2) is 6.84. The molecular formula is C18H20ClN3O. The zero-order valence-electron chi connectivity index (χ0n) is 13.4. The Morgan fingerprint density at radius 1 is 1.13 bits per heavy atom. The number of halogens is 1. The highest BCUT2D eigenvalue weighted by atomic mass is 35.5. The van der Waals surface area contributed by atoms with E-state index in [1.54, 1.807) is 0 Å². The SMILES string of the molecule is Cc1c(-c2ccc(NC(=O)C(C)C)cc2)nc2ccccn12.Cl. The molecule has 1 amide bonds. The van der Waals surface area contributed by atoms with E-state index in [-0.39, 0.29) is 24.2 Å². The standard InChI is InChI=1S/C18H19N3O.ClH/c1-12(2)18(22)19-15-9-7-14(8-10-15)17-13(3)21-11-5-4-6-16(21)20-17;/h4-12H,1-3H3,(H,19,22);1H. The molecule has 3 aromatic rings. The van der Waals surface area contributed by atoms with Gasteiger partial charge >= 0.3 is 0 Å². The van der Waals surface area contributed by atoms with Gasteiger partial charge in [0, 0.05) is 29.1 Å². The largest absolute Gasteiger partial charge is 0.326 e. The second-order valence-corrected chi connectivity index (χ2v) is 5.70. The minimum atomic E-state index is -0.0274. The number of imidazole rings is 1. The van der Waals surface area contributed by atoms with Crippen LogP contribution in [0.25, 0.3) is 16.9 Å². The molecule has 5 heteroatoms. The number of carbonyl (C=O) groups is 1. The summed E-state index contributed by atoms with van der Waals surface area (Å²) in [5.74, 6) is -0.00276. The van der Waals surface area contributed by atoms with Gasteiger partial charge in [0.2, 0.25) is 5.91 Å². The molecule has 2 aromatic heterocycles. The molecule has 0 unspecified atom stereocenters. The van der Waals surface area contributed by atoms with Crippen molar-refractivity contribution in [3.8, 4) is 11.3 Å². The molecule has 120 valence electrons. The number of anilines is 1. The molecule has 0 saturated heterocycles. The lowest BCUT2D eigenvalue weighted by Crippen LogP contribution is -2.17. The number of amides is 1. The van der Waals surface area contributed by atoms with Crippen molar-refractivity contribution in [2.45, 2.75) is 20.8 Å². The molecule has 1 N–H and O–H groups in total. The Morgan fingerprint density at radius 3 is 2.43 bits per heavy atom. The van der Waals surface area contributed by atoms with Crippen molar-refractivity contribution in [3.63, 3.8) is 0 Å². The van der Waals surface area contributed by atoms with Crippen LogP contribution in [0.1, 0.15) is 19.5 Å². The number of hydrogen-bond acceptors (Lipinski definition) is 2. The topological polar surface area (TPSA) is 46.4 Å². The van der Waals surface area contributed by atoms with Gasteiger partial charge in [-0.15, -0.1) is 12.4 Å². The summed E-state index contributed by atoms with van der Waals surface area (Å²) in [6.07, 6.45) is 2.01. The van der Waals surface area contributed by atoms with Crippen LogP contribution in [0.3, 0.4) is 0 Å². The third-order valence-electron chi connectivity index (χ3n) is 3.72. The van der Waals surface area contributed by atoms with E-state index < -0.39 is 0 Å². The van der Waals surface area contributed by atoms with Crippen molar-refractivity contribution >= 4 is 29.6 Å². The first-order chi connectivity index (χ1) is 10.6. The van der Waals surface area contributed by atoms with Crippen molar-refractivity contribution in [2.75, 3.05) is 5.32 Å². The van der Waals surface area contributed by atoms with Gasteiger partial charge in [-0.25, -0.2) is 4.98 Å². The van der Waals surface area contributed by atoms with Crippen LogP contribution in [0.4, 0.5) is 5.69 Å². The highest BCUT2D eigenvalue weighted by Gasteiger charge is 2.11. The lowest BCUT2D eigenvalue weighted by atomic mass is 10.1. The number of aryl methyl sites for hydroxylation is 1. The number of rotatable bonds is 3. The van der Waals surface area contributed by atoms with E-state index in [1.807, 2.05) is 62.5 Å². The van der Waals surface area contributed by atoms with Gasteiger partial charge in [-0.3, -0.25) is 4.79 Å². The number of pyridine rings is 1. The van der Waals surface area contributed by atoms with Gasteiger partial charge in [0.25, 0.3) is 0 Å². The van der Waals surface area contributed by atoms with Gasteiger partial charge in [-0.05, 0) is 31.2 Å². The van der Waals surface area contributed by atoms with Crippen LogP contribution in [-0.2, 0) is 4.79 Å². The van der Waals surface area contributed by atoms with Crippen molar-refractivity contribution in [2.24, 2.45) is 5.92 Å². The maximum Gasteiger partial charge on any atom is 0.226 e. The predicted molar refractivity (Wildman–Crippen MR) is 96.1 cm³/mol. The van der Waals surface area contributed by atoms with Crippen molar-refractivity contribution < 1.29 is 4.79 Å². The molecule has 1 aromatic carbocycles. The quantitative estimate of drug-likeness (QED) is 0.777. The van der Waals surface area contributed by atoms with Crippen molar-refractivity contribution in [1.29, 1.82) is 0 Å². The van der Waals surface area contributed by atoms with Gasteiger partial charge in [-0.2, -0.15) is 0 Å². The monoisotopic (exact) mass is 329 g/mol. The van der Waals surface area contributed by atoms with E-state index in [1.165, 1.54) is 0 Å². The number of carbonyl (C=O) groups excluding carboxylic acids is 1. The van der Waals surface area contributed by atoms with E-state index in [0.717, 1.165) is 28.3 Å². The molecule has 2 heterocycles. The number of nitrogens with zero attached hydrogens (tertiary/aromatic N) is 2. The predicted octanol–water partition coefficient (Wildman–Crippen LogP) is 4.33. The Kier molecular flexibility index (Phi) is 5.06.